The molecule has 0 aromatic heterocycles. The number of hydrogen-bond acceptors (Lipinski definition) is 4. The van der Waals surface area contributed by atoms with E-state index in [1.165, 1.54) is 4.31 Å². The van der Waals surface area contributed by atoms with Gasteiger partial charge in [0.05, 0.1) is 13.2 Å². The van der Waals surface area contributed by atoms with E-state index in [0.29, 0.717) is 52.4 Å². The van der Waals surface area contributed by atoms with Gasteiger partial charge in [0.25, 0.3) is 10.2 Å². The molecule has 3 aliphatic heterocycles. The number of amides is 1. The van der Waals surface area contributed by atoms with Crippen molar-refractivity contribution in [1.82, 2.24) is 13.5 Å². The number of ether oxygens (including phenoxy) is 1. The van der Waals surface area contributed by atoms with Gasteiger partial charge in [-0.2, -0.15) is 17.0 Å². The molecule has 2 atom stereocenters. The van der Waals surface area contributed by atoms with Gasteiger partial charge in [0.2, 0.25) is 5.91 Å². The van der Waals surface area contributed by atoms with Crippen LogP contribution < -0.4 is 0 Å². The number of likely N-dealkylation sites (tertiary alicyclic amines) is 1. The Morgan fingerprint density at radius 2 is 1.78 bits per heavy atom. The van der Waals surface area contributed by atoms with Crippen LogP contribution in [0.3, 0.4) is 0 Å². The first-order valence-corrected chi connectivity index (χ1v) is 11.1. The molecular formula is C19H27N3O4S. The molecule has 8 heteroatoms. The van der Waals surface area contributed by atoms with Crippen molar-refractivity contribution >= 4 is 16.1 Å². The van der Waals surface area contributed by atoms with Crippen LogP contribution in [0.25, 0.3) is 0 Å². The molecule has 0 unspecified atom stereocenters. The second-order valence-corrected chi connectivity index (χ2v) is 9.49. The van der Waals surface area contributed by atoms with Gasteiger partial charge < -0.3 is 9.64 Å². The summed E-state index contributed by atoms with van der Waals surface area (Å²) in [4.78, 5) is 14.7. The fourth-order valence-electron chi connectivity index (χ4n) is 4.41. The minimum absolute atomic E-state index is 0.0454. The third-order valence-corrected chi connectivity index (χ3v) is 7.85. The lowest BCUT2D eigenvalue weighted by molar-refractivity contribution is -0.133. The maximum Gasteiger partial charge on any atom is 0.282 e. The van der Waals surface area contributed by atoms with Crippen LogP contribution in [0.1, 0.15) is 24.8 Å². The van der Waals surface area contributed by atoms with Crippen molar-refractivity contribution in [2.75, 3.05) is 39.4 Å². The van der Waals surface area contributed by atoms with Crippen LogP contribution in [0.15, 0.2) is 30.3 Å². The lowest BCUT2D eigenvalue weighted by atomic mass is 9.98. The van der Waals surface area contributed by atoms with Crippen molar-refractivity contribution in [1.29, 1.82) is 0 Å². The monoisotopic (exact) mass is 393 g/mol. The predicted molar refractivity (Wildman–Crippen MR) is 101 cm³/mol. The lowest BCUT2D eigenvalue weighted by Gasteiger charge is -2.32. The normalized spacial score (nSPS) is 28.1. The zero-order valence-electron chi connectivity index (χ0n) is 15.5. The highest BCUT2D eigenvalue weighted by Crippen LogP contribution is 2.33. The summed E-state index contributed by atoms with van der Waals surface area (Å²) in [5, 5.41) is 0. The Hall–Kier alpha value is -1.48. The molecule has 0 radical (unpaired) electrons. The second-order valence-electron chi connectivity index (χ2n) is 7.56. The van der Waals surface area contributed by atoms with E-state index in [1.807, 2.05) is 35.2 Å². The highest BCUT2D eigenvalue weighted by Gasteiger charge is 2.45. The summed E-state index contributed by atoms with van der Waals surface area (Å²) in [6.07, 6.45) is 2.28. The highest BCUT2D eigenvalue weighted by atomic mass is 32.2. The minimum atomic E-state index is -3.50. The van der Waals surface area contributed by atoms with Crippen molar-refractivity contribution in [3.05, 3.63) is 35.9 Å². The van der Waals surface area contributed by atoms with E-state index < -0.39 is 10.2 Å². The molecule has 1 aromatic carbocycles. The van der Waals surface area contributed by atoms with Crippen molar-refractivity contribution in [2.45, 2.75) is 31.8 Å². The van der Waals surface area contributed by atoms with Gasteiger partial charge in [-0.25, -0.2) is 0 Å². The Kier molecular flexibility index (Phi) is 5.50. The van der Waals surface area contributed by atoms with Crippen LogP contribution in [0.5, 0.6) is 0 Å². The van der Waals surface area contributed by atoms with E-state index in [4.69, 9.17) is 4.74 Å². The molecule has 0 saturated carbocycles. The maximum absolute atomic E-state index is 13.1. The first-order valence-electron chi connectivity index (χ1n) is 9.72. The van der Waals surface area contributed by atoms with E-state index >= 15 is 0 Å². The van der Waals surface area contributed by atoms with Gasteiger partial charge in [-0.05, 0) is 24.3 Å². The Bertz CT molecular complexity index is 764. The average Bonchev–Trinajstić information content (AvgIpc) is 3.06. The van der Waals surface area contributed by atoms with Crippen molar-refractivity contribution in [3.8, 4) is 0 Å². The summed E-state index contributed by atoms with van der Waals surface area (Å²) in [6.45, 7) is 3.14. The molecule has 7 nitrogen and oxygen atoms in total. The van der Waals surface area contributed by atoms with Crippen LogP contribution >= 0.6 is 0 Å². The van der Waals surface area contributed by atoms with Crippen LogP contribution in [0, 0.1) is 5.92 Å². The topological polar surface area (TPSA) is 70.2 Å². The van der Waals surface area contributed by atoms with Gasteiger partial charge in [-0.3, -0.25) is 4.79 Å². The first-order chi connectivity index (χ1) is 13.1. The van der Waals surface area contributed by atoms with E-state index in [-0.39, 0.29) is 17.9 Å². The lowest BCUT2D eigenvalue weighted by Crippen LogP contribution is -2.49. The van der Waals surface area contributed by atoms with E-state index in [0.717, 1.165) is 18.4 Å². The predicted octanol–water partition coefficient (Wildman–Crippen LogP) is 1.08. The van der Waals surface area contributed by atoms with E-state index in [2.05, 4.69) is 0 Å². The van der Waals surface area contributed by atoms with Crippen molar-refractivity contribution in [3.63, 3.8) is 0 Å². The summed E-state index contributed by atoms with van der Waals surface area (Å²) in [7, 11) is -3.50. The number of benzene rings is 1. The largest absolute Gasteiger partial charge is 0.379 e. The second kappa shape index (κ2) is 7.87. The van der Waals surface area contributed by atoms with Crippen LogP contribution in [0.2, 0.25) is 0 Å². The zero-order valence-corrected chi connectivity index (χ0v) is 16.3. The highest BCUT2D eigenvalue weighted by molar-refractivity contribution is 7.86. The van der Waals surface area contributed by atoms with Gasteiger partial charge in [0, 0.05) is 45.2 Å². The van der Waals surface area contributed by atoms with Crippen molar-refractivity contribution < 1.29 is 17.9 Å². The number of carbonyl (C=O) groups excluding carboxylic acids is 1. The molecular weight excluding hydrogens is 366 g/mol. The Morgan fingerprint density at radius 1 is 1.04 bits per heavy atom. The number of nitrogens with zero attached hydrogens (tertiary/aromatic N) is 3. The molecule has 1 aromatic rings. The number of carbonyl (C=O) groups is 1. The smallest absolute Gasteiger partial charge is 0.282 e. The fraction of sp³-hybridized carbons (Fsp3) is 0.632. The Balaban J connectivity index is 1.54. The molecule has 0 N–H and O–H groups in total. The zero-order chi connectivity index (χ0) is 18.9. The van der Waals surface area contributed by atoms with Gasteiger partial charge in [0.15, 0.2) is 0 Å². The van der Waals surface area contributed by atoms with Gasteiger partial charge >= 0.3 is 0 Å². The van der Waals surface area contributed by atoms with Crippen LogP contribution in [-0.4, -0.2) is 73.3 Å². The summed E-state index contributed by atoms with van der Waals surface area (Å²) in [5.74, 6) is 0.341. The van der Waals surface area contributed by atoms with Gasteiger partial charge in [0.1, 0.15) is 0 Å². The molecule has 3 saturated heterocycles. The summed E-state index contributed by atoms with van der Waals surface area (Å²) in [6, 6.07) is 9.89. The number of hydrogen-bond donors (Lipinski definition) is 0. The molecule has 1 amide bonds. The number of morpholine rings is 1. The molecule has 0 aliphatic carbocycles. The summed E-state index contributed by atoms with van der Waals surface area (Å²) >= 11 is 0. The first kappa shape index (κ1) is 18.9. The van der Waals surface area contributed by atoms with E-state index in [1.54, 1.807) is 4.31 Å². The quantitative estimate of drug-likeness (QED) is 0.768. The number of fused-ring (bicyclic) bond motifs is 1. The summed E-state index contributed by atoms with van der Waals surface area (Å²) in [5.41, 5.74) is 1.08. The molecule has 148 valence electrons. The average molecular weight is 394 g/mol. The van der Waals surface area contributed by atoms with Crippen LogP contribution in [0.4, 0.5) is 0 Å². The number of rotatable bonds is 4. The Morgan fingerprint density at radius 3 is 2.52 bits per heavy atom. The minimum Gasteiger partial charge on any atom is -0.379 e. The molecule has 27 heavy (non-hydrogen) atoms. The summed E-state index contributed by atoms with van der Waals surface area (Å²) < 4.78 is 34.5. The fourth-order valence-corrected chi connectivity index (χ4v) is 6.07. The molecule has 3 aliphatic rings. The molecule has 3 fully saturated rings. The standard InChI is InChI=1S/C19H27N3O4S/c23-19-8-4-7-17-14-21(27(24,25)20-9-11-26-12-10-20)15-18(17)22(19)13-16-5-2-1-3-6-16/h1-3,5-6,17-18H,4,7-15H2/t17-,18+/m1/s1. The molecule has 0 spiro atoms. The van der Waals surface area contributed by atoms with Gasteiger partial charge in [-0.1, -0.05) is 30.3 Å². The van der Waals surface area contributed by atoms with Crippen molar-refractivity contribution in [2.24, 2.45) is 5.92 Å². The Labute approximate surface area is 161 Å². The van der Waals surface area contributed by atoms with E-state index in [9.17, 15) is 13.2 Å². The molecule has 4 rings (SSSR count). The SMILES string of the molecule is O=C1CCC[C@@H]2CN(S(=O)(=O)N3CCOCC3)C[C@@H]2N1Cc1ccccc1. The third-order valence-electron chi connectivity index (χ3n) is 5.88. The molecule has 3 heterocycles. The molecule has 0 bridgehead atoms. The van der Waals surface area contributed by atoms with Crippen LogP contribution in [-0.2, 0) is 26.3 Å². The maximum atomic E-state index is 13.1. The third kappa shape index (κ3) is 3.89. The van der Waals surface area contributed by atoms with Gasteiger partial charge in [-0.15, -0.1) is 0 Å².